The van der Waals surface area contributed by atoms with Crippen molar-refractivity contribution in [2.75, 3.05) is 5.32 Å². The van der Waals surface area contributed by atoms with E-state index < -0.39 is 11.5 Å². The first kappa shape index (κ1) is 15.1. The summed E-state index contributed by atoms with van der Waals surface area (Å²) in [6.07, 6.45) is 0. The van der Waals surface area contributed by atoms with Gasteiger partial charge in [0.25, 0.3) is 0 Å². The molecule has 2 N–H and O–H groups in total. The van der Waals surface area contributed by atoms with Crippen LogP contribution in [0.25, 0.3) is 0 Å². The SMILES string of the molecule is Cc1ccc(C(C)(Nc2ccccc2C)C(=O)O)cc1C. The largest absolute Gasteiger partial charge is 0.479 e. The van der Waals surface area contributed by atoms with E-state index in [1.54, 1.807) is 6.92 Å². The van der Waals surface area contributed by atoms with Crippen LogP contribution in [0.2, 0.25) is 0 Å². The average Bonchev–Trinajstić information content (AvgIpc) is 2.44. The van der Waals surface area contributed by atoms with E-state index in [1.165, 1.54) is 0 Å². The molecule has 3 heteroatoms. The first-order chi connectivity index (χ1) is 9.84. The molecule has 1 unspecified atom stereocenters. The van der Waals surface area contributed by atoms with Gasteiger partial charge in [0.15, 0.2) is 5.54 Å². The summed E-state index contributed by atoms with van der Waals surface area (Å²) in [5, 5.41) is 12.9. The van der Waals surface area contributed by atoms with Crippen LogP contribution >= 0.6 is 0 Å². The van der Waals surface area contributed by atoms with E-state index >= 15 is 0 Å². The Bertz CT molecular complexity index is 679. The summed E-state index contributed by atoms with van der Waals surface area (Å²) in [5.41, 5.74) is 3.69. The Kier molecular flexibility index (Phi) is 4.03. The van der Waals surface area contributed by atoms with E-state index in [4.69, 9.17) is 0 Å². The third kappa shape index (κ3) is 2.92. The number of carboxylic acid groups (broad SMARTS) is 1. The highest BCUT2D eigenvalue weighted by molar-refractivity contribution is 5.84. The van der Waals surface area contributed by atoms with Gasteiger partial charge in [-0.3, -0.25) is 0 Å². The van der Waals surface area contributed by atoms with Gasteiger partial charge < -0.3 is 10.4 Å². The lowest BCUT2D eigenvalue weighted by molar-refractivity contribution is -0.142. The highest BCUT2D eigenvalue weighted by Crippen LogP contribution is 2.29. The van der Waals surface area contributed by atoms with E-state index in [9.17, 15) is 9.90 Å². The molecule has 2 aromatic carbocycles. The molecule has 21 heavy (non-hydrogen) atoms. The fourth-order valence-electron chi connectivity index (χ4n) is 2.28. The molecule has 0 radical (unpaired) electrons. The average molecular weight is 283 g/mol. The second kappa shape index (κ2) is 5.60. The van der Waals surface area contributed by atoms with Gasteiger partial charge in [-0.25, -0.2) is 4.79 Å². The number of nitrogens with one attached hydrogen (secondary N) is 1. The van der Waals surface area contributed by atoms with Gasteiger partial charge in [-0.05, 0) is 56.0 Å². The second-order valence-electron chi connectivity index (χ2n) is 5.67. The van der Waals surface area contributed by atoms with Crippen LogP contribution in [0.4, 0.5) is 5.69 Å². The van der Waals surface area contributed by atoms with Crippen LogP contribution < -0.4 is 5.32 Å². The molecule has 1 atom stereocenters. The number of carboxylic acids is 1. The third-order valence-corrected chi connectivity index (χ3v) is 4.04. The maximum Gasteiger partial charge on any atom is 0.333 e. The van der Waals surface area contributed by atoms with Gasteiger partial charge in [0.05, 0.1) is 0 Å². The molecular weight excluding hydrogens is 262 g/mol. The molecule has 0 saturated heterocycles. The number of hydrogen-bond donors (Lipinski definition) is 2. The molecular formula is C18H21NO2. The number of anilines is 1. The Morgan fingerprint density at radius 2 is 1.67 bits per heavy atom. The number of aliphatic carboxylic acids is 1. The molecule has 0 aliphatic heterocycles. The normalized spacial score (nSPS) is 13.5. The molecule has 2 aromatic rings. The van der Waals surface area contributed by atoms with Crippen LogP contribution in [0.5, 0.6) is 0 Å². The predicted octanol–water partition coefficient (Wildman–Crippen LogP) is 4.02. The monoisotopic (exact) mass is 283 g/mol. The highest BCUT2D eigenvalue weighted by atomic mass is 16.4. The van der Waals surface area contributed by atoms with E-state index in [-0.39, 0.29) is 0 Å². The fourth-order valence-corrected chi connectivity index (χ4v) is 2.28. The van der Waals surface area contributed by atoms with Crippen LogP contribution in [-0.4, -0.2) is 11.1 Å². The number of benzene rings is 2. The summed E-state index contributed by atoms with van der Waals surface area (Å²) < 4.78 is 0. The van der Waals surface area contributed by atoms with E-state index in [1.807, 2.05) is 63.2 Å². The van der Waals surface area contributed by atoms with Crippen LogP contribution in [-0.2, 0) is 10.3 Å². The molecule has 2 rings (SSSR count). The summed E-state index contributed by atoms with van der Waals surface area (Å²) in [7, 11) is 0. The molecule has 0 aromatic heterocycles. The molecule has 0 amide bonds. The Hall–Kier alpha value is -2.29. The lowest BCUT2D eigenvalue weighted by atomic mass is 9.89. The van der Waals surface area contributed by atoms with Gasteiger partial charge in [-0.1, -0.05) is 36.4 Å². The van der Waals surface area contributed by atoms with Crippen LogP contribution in [0.15, 0.2) is 42.5 Å². The number of carbonyl (C=O) groups is 1. The smallest absolute Gasteiger partial charge is 0.333 e. The predicted molar refractivity (Wildman–Crippen MR) is 85.7 cm³/mol. The zero-order chi connectivity index (χ0) is 15.6. The van der Waals surface area contributed by atoms with Crippen molar-refractivity contribution in [3.63, 3.8) is 0 Å². The van der Waals surface area contributed by atoms with Crippen molar-refractivity contribution in [1.82, 2.24) is 0 Å². The Labute approximate surface area is 125 Å². The van der Waals surface area contributed by atoms with Crippen molar-refractivity contribution < 1.29 is 9.90 Å². The fraction of sp³-hybridized carbons (Fsp3) is 0.278. The Morgan fingerprint density at radius 3 is 2.24 bits per heavy atom. The molecule has 0 heterocycles. The Balaban J connectivity index is 2.48. The van der Waals surface area contributed by atoms with Crippen molar-refractivity contribution >= 4 is 11.7 Å². The standard InChI is InChI=1S/C18H21NO2/c1-12-9-10-15(11-14(12)3)18(4,17(20)21)19-16-8-6-5-7-13(16)2/h5-11,19H,1-4H3,(H,20,21). The molecule has 0 aliphatic rings. The maximum atomic E-state index is 11.9. The first-order valence-corrected chi connectivity index (χ1v) is 6.99. The highest BCUT2D eigenvalue weighted by Gasteiger charge is 2.35. The van der Waals surface area contributed by atoms with Gasteiger partial charge >= 0.3 is 5.97 Å². The van der Waals surface area contributed by atoms with Gasteiger partial charge in [0.2, 0.25) is 0 Å². The molecule has 3 nitrogen and oxygen atoms in total. The first-order valence-electron chi connectivity index (χ1n) is 6.99. The molecule has 0 saturated carbocycles. The molecule has 0 spiro atoms. The summed E-state index contributed by atoms with van der Waals surface area (Å²) in [6, 6.07) is 13.5. The molecule has 0 fully saturated rings. The number of hydrogen-bond acceptors (Lipinski definition) is 2. The summed E-state index contributed by atoms with van der Waals surface area (Å²) in [5.74, 6) is -0.894. The van der Waals surface area contributed by atoms with Crippen molar-refractivity contribution in [3.8, 4) is 0 Å². The summed E-state index contributed by atoms with van der Waals surface area (Å²) in [4.78, 5) is 11.9. The van der Waals surface area contributed by atoms with Crippen LogP contribution in [0, 0.1) is 20.8 Å². The van der Waals surface area contributed by atoms with Crippen molar-refractivity contribution in [2.24, 2.45) is 0 Å². The van der Waals surface area contributed by atoms with Crippen LogP contribution in [0.1, 0.15) is 29.2 Å². The van der Waals surface area contributed by atoms with Crippen molar-refractivity contribution in [2.45, 2.75) is 33.2 Å². The van der Waals surface area contributed by atoms with Crippen molar-refractivity contribution in [3.05, 3.63) is 64.7 Å². The number of aryl methyl sites for hydroxylation is 3. The quantitative estimate of drug-likeness (QED) is 0.891. The van der Waals surface area contributed by atoms with E-state index in [0.717, 1.165) is 27.9 Å². The van der Waals surface area contributed by atoms with E-state index in [0.29, 0.717) is 0 Å². The third-order valence-electron chi connectivity index (χ3n) is 4.04. The van der Waals surface area contributed by atoms with Gasteiger partial charge in [-0.15, -0.1) is 0 Å². The number of para-hydroxylation sites is 1. The minimum absolute atomic E-state index is 0.751. The zero-order valence-electron chi connectivity index (χ0n) is 12.9. The van der Waals surface area contributed by atoms with Gasteiger partial charge in [0.1, 0.15) is 0 Å². The zero-order valence-corrected chi connectivity index (χ0v) is 12.9. The minimum atomic E-state index is -1.16. The number of rotatable bonds is 4. The lowest BCUT2D eigenvalue weighted by Crippen LogP contribution is -2.40. The van der Waals surface area contributed by atoms with Crippen LogP contribution in [0.3, 0.4) is 0 Å². The topological polar surface area (TPSA) is 49.3 Å². The minimum Gasteiger partial charge on any atom is -0.479 e. The van der Waals surface area contributed by atoms with E-state index in [2.05, 4.69) is 5.32 Å². The summed E-state index contributed by atoms with van der Waals surface area (Å²) in [6.45, 7) is 7.68. The second-order valence-corrected chi connectivity index (χ2v) is 5.67. The molecule has 0 aliphatic carbocycles. The van der Waals surface area contributed by atoms with Crippen molar-refractivity contribution in [1.29, 1.82) is 0 Å². The Morgan fingerprint density at radius 1 is 1.00 bits per heavy atom. The summed E-state index contributed by atoms with van der Waals surface area (Å²) >= 11 is 0. The lowest BCUT2D eigenvalue weighted by Gasteiger charge is -2.29. The molecule has 110 valence electrons. The van der Waals surface area contributed by atoms with Gasteiger partial charge in [-0.2, -0.15) is 0 Å². The molecule has 0 bridgehead atoms. The van der Waals surface area contributed by atoms with Gasteiger partial charge in [0, 0.05) is 5.69 Å². The maximum absolute atomic E-state index is 11.9.